The fourth-order valence-electron chi connectivity index (χ4n) is 4.18. The Hall–Kier alpha value is -1.06. The Labute approximate surface area is 144 Å². The molecule has 3 rings (SSSR count). The van der Waals surface area contributed by atoms with Crippen LogP contribution in [0.5, 0.6) is 0 Å². The lowest BCUT2D eigenvalue weighted by Gasteiger charge is -2.34. The molecule has 126 valence electrons. The van der Waals surface area contributed by atoms with Crippen molar-refractivity contribution in [2.24, 2.45) is 5.41 Å². The normalized spacial score (nSPS) is 26.9. The van der Waals surface area contributed by atoms with E-state index in [1.165, 1.54) is 5.56 Å². The molecule has 1 heterocycles. The van der Waals surface area contributed by atoms with Gasteiger partial charge in [0.25, 0.3) is 0 Å². The highest BCUT2D eigenvalue weighted by Gasteiger charge is 2.41. The maximum atomic E-state index is 13.1. The summed E-state index contributed by atoms with van der Waals surface area (Å²) in [4.78, 5) is 13.1. The lowest BCUT2D eigenvalue weighted by atomic mass is 9.78. The van der Waals surface area contributed by atoms with Crippen LogP contribution in [-0.2, 0) is 11.2 Å². The first kappa shape index (κ1) is 16.8. The van der Waals surface area contributed by atoms with Crippen molar-refractivity contribution in [3.8, 4) is 0 Å². The minimum absolute atomic E-state index is 0.237. The first-order valence-electron chi connectivity index (χ1n) is 8.86. The van der Waals surface area contributed by atoms with Gasteiger partial charge in [-0.2, -0.15) is 0 Å². The van der Waals surface area contributed by atoms with Gasteiger partial charge in [-0.05, 0) is 63.3 Å². The van der Waals surface area contributed by atoms with Crippen LogP contribution in [0, 0.1) is 5.41 Å². The quantitative estimate of drug-likeness (QED) is 0.881. The fourth-order valence-corrected chi connectivity index (χ4v) is 4.39. The maximum Gasteiger partial charge on any atom is 0.226 e. The molecule has 2 N–H and O–H groups in total. The van der Waals surface area contributed by atoms with Crippen molar-refractivity contribution >= 4 is 17.5 Å². The fraction of sp³-hybridized carbons (Fsp3) is 0.632. The molecule has 3 nitrogen and oxygen atoms in total. The summed E-state index contributed by atoms with van der Waals surface area (Å²) in [7, 11) is 0. The van der Waals surface area contributed by atoms with E-state index in [1.807, 2.05) is 18.2 Å². The van der Waals surface area contributed by atoms with E-state index in [0.29, 0.717) is 12.1 Å². The van der Waals surface area contributed by atoms with Crippen molar-refractivity contribution in [1.29, 1.82) is 0 Å². The maximum absolute atomic E-state index is 13.1. The lowest BCUT2D eigenvalue weighted by Crippen LogP contribution is -2.51. The number of halogens is 1. The van der Waals surface area contributed by atoms with Gasteiger partial charge in [-0.25, -0.2) is 0 Å². The minimum Gasteiger partial charge on any atom is -0.353 e. The van der Waals surface area contributed by atoms with E-state index < -0.39 is 0 Å². The number of benzene rings is 1. The third-order valence-electron chi connectivity index (χ3n) is 5.43. The van der Waals surface area contributed by atoms with Gasteiger partial charge in [-0.3, -0.25) is 4.79 Å². The summed E-state index contributed by atoms with van der Waals surface area (Å²) in [6, 6.07) is 8.76. The van der Waals surface area contributed by atoms with Crippen LogP contribution in [0.4, 0.5) is 0 Å². The van der Waals surface area contributed by atoms with E-state index in [2.05, 4.69) is 23.6 Å². The Morgan fingerprint density at radius 2 is 2.17 bits per heavy atom. The molecule has 2 aliphatic rings. The van der Waals surface area contributed by atoms with E-state index in [0.717, 1.165) is 56.5 Å². The first-order chi connectivity index (χ1) is 11.1. The second kappa shape index (κ2) is 7.23. The molecule has 2 atom stereocenters. The van der Waals surface area contributed by atoms with Gasteiger partial charge in [0.2, 0.25) is 5.91 Å². The van der Waals surface area contributed by atoms with Gasteiger partial charge in [-0.15, -0.1) is 0 Å². The molecular weight excluding hydrogens is 308 g/mol. The van der Waals surface area contributed by atoms with Gasteiger partial charge in [0.1, 0.15) is 0 Å². The van der Waals surface area contributed by atoms with Gasteiger partial charge in [-0.1, -0.05) is 36.6 Å². The summed E-state index contributed by atoms with van der Waals surface area (Å²) in [6.07, 6.45) is 7.15. The molecule has 0 radical (unpaired) electrons. The predicted molar refractivity (Wildman–Crippen MR) is 94.7 cm³/mol. The molecule has 2 fully saturated rings. The minimum atomic E-state index is -0.237. The van der Waals surface area contributed by atoms with Crippen LogP contribution in [0.2, 0.25) is 5.02 Å². The van der Waals surface area contributed by atoms with E-state index in [1.54, 1.807) is 0 Å². The zero-order valence-electron chi connectivity index (χ0n) is 13.9. The smallest absolute Gasteiger partial charge is 0.226 e. The van der Waals surface area contributed by atoms with E-state index in [9.17, 15) is 4.79 Å². The van der Waals surface area contributed by atoms with Gasteiger partial charge < -0.3 is 10.6 Å². The number of piperidine rings is 1. The SMILES string of the molecule is CC1CC(NC(=O)C2(Cc3cccc(Cl)c3)CCCC2)CCN1. The Balaban J connectivity index is 1.70. The first-order valence-corrected chi connectivity index (χ1v) is 9.24. The standard InChI is InChI=1S/C19H27ClN2O/c1-14-11-17(7-10-21-14)22-18(23)19(8-2-3-9-19)13-15-5-4-6-16(20)12-15/h4-6,12,14,17,21H,2-3,7-11,13H2,1H3,(H,22,23). The van der Waals surface area contributed by atoms with Crippen LogP contribution < -0.4 is 10.6 Å². The number of carbonyl (C=O) groups excluding carboxylic acids is 1. The molecule has 0 spiro atoms. The second-order valence-electron chi connectivity index (χ2n) is 7.34. The molecule has 4 heteroatoms. The summed E-state index contributed by atoms with van der Waals surface area (Å²) in [5.74, 6) is 0.258. The summed E-state index contributed by atoms with van der Waals surface area (Å²) in [5.41, 5.74) is 0.937. The van der Waals surface area contributed by atoms with Crippen molar-refractivity contribution in [1.82, 2.24) is 10.6 Å². The van der Waals surface area contributed by atoms with Gasteiger partial charge in [0, 0.05) is 17.1 Å². The largest absolute Gasteiger partial charge is 0.353 e. The number of amides is 1. The van der Waals surface area contributed by atoms with Crippen molar-refractivity contribution in [3.63, 3.8) is 0 Å². The van der Waals surface area contributed by atoms with Crippen LogP contribution in [-0.4, -0.2) is 24.5 Å². The summed E-state index contributed by atoms with van der Waals surface area (Å²) in [6.45, 7) is 3.18. The third-order valence-corrected chi connectivity index (χ3v) is 5.67. The molecule has 0 bridgehead atoms. The molecule has 1 saturated heterocycles. The third kappa shape index (κ3) is 4.07. The molecule has 1 aromatic rings. The Bertz CT molecular complexity index is 554. The molecule has 23 heavy (non-hydrogen) atoms. The molecule has 2 unspecified atom stereocenters. The Morgan fingerprint density at radius 1 is 1.39 bits per heavy atom. The number of nitrogens with one attached hydrogen (secondary N) is 2. The molecule has 1 amide bonds. The van der Waals surface area contributed by atoms with Crippen molar-refractivity contribution in [2.75, 3.05) is 6.54 Å². The average molecular weight is 335 g/mol. The van der Waals surface area contributed by atoms with Crippen LogP contribution in [0.1, 0.15) is 51.0 Å². The highest BCUT2D eigenvalue weighted by molar-refractivity contribution is 6.30. The highest BCUT2D eigenvalue weighted by atomic mass is 35.5. The number of hydrogen-bond acceptors (Lipinski definition) is 2. The van der Waals surface area contributed by atoms with Gasteiger partial charge in [0.15, 0.2) is 0 Å². The van der Waals surface area contributed by atoms with Crippen molar-refractivity contribution in [3.05, 3.63) is 34.9 Å². The highest BCUT2D eigenvalue weighted by Crippen LogP contribution is 2.41. The van der Waals surface area contributed by atoms with Gasteiger partial charge >= 0.3 is 0 Å². The predicted octanol–water partition coefficient (Wildman–Crippen LogP) is 3.70. The summed E-state index contributed by atoms with van der Waals surface area (Å²) < 4.78 is 0. The number of carbonyl (C=O) groups is 1. The second-order valence-corrected chi connectivity index (χ2v) is 7.78. The summed E-state index contributed by atoms with van der Waals surface area (Å²) >= 11 is 6.12. The molecule has 1 aromatic carbocycles. The molecule has 1 aliphatic heterocycles. The van der Waals surface area contributed by atoms with Crippen LogP contribution in [0.25, 0.3) is 0 Å². The topological polar surface area (TPSA) is 41.1 Å². The molecule has 1 aliphatic carbocycles. The Kier molecular flexibility index (Phi) is 5.27. The average Bonchev–Trinajstić information content (AvgIpc) is 2.97. The number of hydrogen-bond donors (Lipinski definition) is 2. The molecule has 1 saturated carbocycles. The van der Waals surface area contributed by atoms with E-state index in [-0.39, 0.29) is 11.3 Å². The zero-order valence-corrected chi connectivity index (χ0v) is 14.7. The van der Waals surface area contributed by atoms with Crippen LogP contribution >= 0.6 is 11.6 Å². The van der Waals surface area contributed by atoms with Gasteiger partial charge in [0.05, 0.1) is 5.41 Å². The van der Waals surface area contributed by atoms with E-state index in [4.69, 9.17) is 11.6 Å². The van der Waals surface area contributed by atoms with Crippen molar-refractivity contribution in [2.45, 2.75) is 64.0 Å². The summed E-state index contributed by atoms with van der Waals surface area (Å²) in [5, 5.41) is 7.55. The van der Waals surface area contributed by atoms with Crippen molar-refractivity contribution < 1.29 is 4.79 Å². The zero-order chi connectivity index (χ0) is 16.3. The van der Waals surface area contributed by atoms with E-state index >= 15 is 0 Å². The number of rotatable bonds is 4. The van der Waals surface area contributed by atoms with Crippen LogP contribution in [0.15, 0.2) is 24.3 Å². The Morgan fingerprint density at radius 3 is 2.87 bits per heavy atom. The lowest BCUT2D eigenvalue weighted by molar-refractivity contribution is -0.131. The molecule has 0 aromatic heterocycles. The molecular formula is C19H27ClN2O. The monoisotopic (exact) mass is 334 g/mol. The van der Waals surface area contributed by atoms with Crippen LogP contribution in [0.3, 0.4) is 0 Å².